The minimum Gasteiger partial charge on any atom is -0.380 e. The van der Waals surface area contributed by atoms with Gasteiger partial charge in [-0.15, -0.1) is 0 Å². The van der Waals surface area contributed by atoms with Gasteiger partial charge in [0.2, 0.25) is 0 Å². The molecule has 1 aromatic carbocycles. The quantitative estimate of drug-likeness (QED) is 0.924. The number of likely N-dealkylation sites (N-methyl/N-ethyl adjacent to an activating group) is 1. The van der Waals surface area contributed by atoms with Gasteiger partial charge in [0.05, 0.1) is 12.2 Å². The van der Waals surface area contributed by atoms with Gasteiger partial charge in [-0.3, -0.25) is 4.90 Å². The molecule has 6 heteroatoms. The third-order valence-corrected chi connectivity index (χ3v) is 3.82. The summed E-state index contributed by atoms with van der Waals surface area (Å²) in [6.07, 6.45) is -3.54. The Labute approximate surface area is 116 Å². The third-order valence-electron chi connectivity index (χ3n) is 3.82. The fourth-order valence-corrected chi connectivity index (χ4v) is 2.66. The van der Waals surface area contributed by atoms with Gasteiger partial charge in [-0.1, -0.05) is 18.2 Å². The van der Waals surface area contributed by atoms with E-state index in [1.807, 2.05) is 11.9 Å². The average Bonchev–Trinajstić information content (AvgIpc) is 2.92. The Morgan fingerprint density at radius 2 is 2.10 bits per heavy atom. The Morgan fingerprint density at radius 1 is 1.40 bits per heavy atom. The summed E-state index contributed by atoms with van der Waals surface area (Å²) < 4.78 is 44.6. The molecule has 3 nitrogen and oxygen atoms in total. The van der Waals surface area contributed by atoms with Crippen LogP contribution in [0.2, 0.25) is 0 Å². The van der Waals surface area contributed by atoms with E-state index in [9.17, 15) is 13.2 Å². The normalized spacial score (nSPS) is 21.4. The van der Waals surface area contributed by atoms with E-state index in [0.29, 0.717) is 13.2 Å². The third kappa shape index (κ3) is 3.13. The fourth-order valence-electron chi connectivity index (χ4n) is 2.66. The lowest BCUT2D eigenvalue weighted by atomic mass is 9.97. The Bertz CT molecular complexity index is 444. The molecule has 1 aromatic rings. The largest absolute Gasteiger partial charge is 0.416 e. The van der Waals surface area contributed by atoms with Gasteiger partial charge in [-0.2, -0.15) is 13.2 Å². The number of nitrogens with two attached hydrogens (primary N) is 1. The van der Waals surface area contributed by atoms with Crippen molar-refractivity contribution < 1.29 is 17.9 Å². The van der Waals surface area contributed by atoms with Crippen molar-refractivity contribution in [3.8, 4) is 0 Å². The van der Waals surface area contributed by atoms with Crippen LogP contribution in [0.15, 0.2) is 24.3 Å². The molecule has 0 aliphatic carbocycles. The molecular weight excluding hydrogens is 269 g/mol. The molecular formula is C14H19F3N2O. The molecule has 0 bridgehead atoms. The first kappa shape index (κ1) is 15.3. The molecule has 0 saturated carbocycles. The highest BCUT2D eigenvalue weighted by Gasteiger charge is 2.36. The SMILES string of the molecule is CN(C1CCOC1)C(CN)c1ccccc1C(F)(F)F. The lowest BCUT2D eigenvalue weighted by Gasteiger charge is -2.33. The van der Waals surface area contributed by atoms with E-state index < -0.39 is 17.8 Å². The van der Waals surface area contributed by atoms with Crippen LogP contribution >= 0.6 is 0 Å². The zero-order chi connectivity index (χ0) is 14.8. The summed E-state index contributed by atoms with van der Waals surface area (Å²) in [6, 6.07) is 5.29. The average molecular weight is 288 g/mol. The van der Waals surface area contributed by atoms with Crippen molar-refractivity contribution >= 4 is 0 Å². The number of rotatable bonds is 4. The van der Waals surface area contributed by atoms with Gasteiger partial charge in [-0.05, 0) is 25.1 Å². The number of alkyl halides is 3. The minimum absolute atomic E-state index is 0.116. The van der Waals surface area contributed by atoms with Crippen LogP contribution < -0.4 is 5.73 Å². The first-order valence-corrected chi connectivity index (χ1v) is 6.61. The highest BCUT2D eigenvalue weighted by atomic mass is 19.4. The van der Waals surface area contributed by atoms with E-state index >= 15 is 0 Å². The van der Waals surface area contributed by atoms with Gasteiger partial charge >= 0.3 is 6.18 Å². The van der Waals surface area contributed by atoms with Crippen LogP contribution in [0.3, 0.4) is 0 Å². The highest BCUT2D eigenvalue weighted by Crippen LogP contribution is 2.36. The van der Waals surface area contributed by atoms with Crippen LogP contribution in [0, 0.1) is 0 Å². The van der Waals surface area contributed by atoms with E-state index in [1.165, 1.54) is 12.1 Å². The van der Waals surface area contributed by atoms with E-state index in [0.717, 1.165) is 12.5 Å². The first-order valence-electron chi connectivity index (χ1n) is 6.61. The molecule has 2 unspecified atom stereocenters. The molecule has 0 amide bonds. The predicted octanol–water partition coefficient (Wildman–Crippen LogP) is 2.43. The molecule has 0 spiro atoms. The number of halogens is 3. The Hall–Kier alpha value is -1.11. The summed E-state index contributed by atoms with van der Waals surface area (Å²) in [5, 5.41) is 0. The number of hydrogen-bond acceptors (Lipinski definition) is 3. The van der Waals surface area contributed by atoms with E-state index in [1.54, 1.807) is 6.07 Å². The highest BCUT2D eigenvalue weighted by molar-refractivity contribution is 5.32. The molecule has 20 heavy (non-hydrogen) atoms. The predicted molar refractivity (Wildman–Crippen MR) is 70.2 cm³/mol. The number of benzene rings is 1. The van der Waals surface area contributed by atoms with Crippen molar-refractivity contribution in [2.75, 3.05) is 26.8 Å². The summed E-state index contributed by atoms with van der Waals surface area (Å²) >= 11 is 0. The van der Waals surface area contributed by atoms with Crippen LogP contribution in [0.5, 0.6) is 0 Å². The molecule has 1 fully saturated rings. The van der Waals surface area contributed by atoms with Crippen molar-refractivity contribution in [1.29, 1.82) is 0 Å². The molecule has 1 heterocycles. The second kappa shape index (κ2) is 6.11. The standard InChI is InChI=1S/C14H19F3N2O/c1-19(10-6-7-20-9-10)13(8-18)11-4-2-3-5-12(11)14(15,16)17/h2-5,10,13H,6-9,18H2,1H3. The second-order valence-corrected chi connectivity index (χ2v) is 5.02. The lowest BCUT2D eigenvalue weighted by Crippen LogP contribution is -2.39. The van der Waals surface area contributed by atoms with Gasteiger partial charge in [0, 0.05) is 25.2 Å². The molecule has 0 radical (unpaired) electrons. The molecule has 112 valence electrons. The van der Waals surface area contributed by atoms with Gasteiger partial charge in [0.25, 0.3) is 0 Å². The monoisotopic (exact) mass is 288 g/mol. The number of nitrogens with zero attached hydrogens (tertiary/aromatic N) is 1. The van der Waals surface area contributed by atoms with Gasteiger partial charge < -0.3 is 10.5 Å². The zero-order valence-corrected chi connectivity index (χ0v) is 11.4. The lowest BCUT2D eigenvalue weighted by molar-refractivity contribution is -0.138. The molecule has 2 rings (SSSR count). The van der Waals surface area contributed by atoms with Crippen molar-refractivity contribution in [1.82, 2.24) is 4.90 Å². The van der Waals surface area contributed by atoms with Crippen molar-refractivity contribution in [3.05, 3.63) is 35.4 Å². The van der Waals surface area contributed by atoms with Crippen molar-refractivity contribution in [2.24, 2.45) is 5.73 Å². The topological polar surface area (TPSA) is 38.5 Å². The van der Waals surface area contributed by atoms with Crippen LogP contribution in [0.4, 0.5) is 13.2 Å². The molecule has 1 saturated heterocycles. The number of ether oxygens (including phenoxy) is 1. The van der Waals surface area contributed by atoms with E-state index in [-0.39, 0.29) is 18.2 Å². The maximum atomic E-state index is 13.1. The second-order valence-electron chi connectivity index (χ2n) is 5.02. The molecule has 2 N–H and O–H groups in total. The minimum atomic E-state index is -4.36. The summed E-state index contributed by atoms with van der Waals surface area (Å²) in [4.78, 5) is 1.90. The molecule has 1 aliphatic heterocycles. The zero-order valence-electron chi connectivity index (χ0n) is 11.4. The molecule has 0 aromatic heterocycles. The number of hydrogen-bond donors (Lipinski definition) is 1. The van der Waals surface area contributed by atoms with Gasteiger partial charge in [-0.25, -0.2) is 0 Å². The van der Waals surface area contributed by atoms with Crippen LogP contribution in [-0.4, -0.2) is 37.7 Å². The van der Waals surface area contributed by atoms with Gasteiger partial charge in [0.1, 0.15) is 0 Å². The maximum Gasteiger partial charge on any atom is 0.416 e. The van der Waals surface area contributed by atoms with Crippen molar-refractivity contribution in [2.45, 2.75) is 24.7 Å². The van der Waals surface area contributed by atoms with Crippen LogP contribution in [-0.2, 0) is 10.9 Å². The molecule has 1 aliphatic rings. The van der Waals surface area contributed by atoms with E-state index in [2.05, 4.69) is 0 Å². The van der Waals surface area contributed by atoms with Crippen molar-refractivity contribution in [3.63, 3.8) is 0 Å². The maximum absolute atomic E-state index is 13.1. The summed E-state index contributed by atoms with van der Waals surface area (Å²) in [6.45, 7) is 1.33. The Balaban J connectivity index is 2.31. The Morgan fingerprint density at radius 3 is 2.65 bits per heavy atom. The first-order chi connectivity index (χ1) is 9.45. The summed E-state index contributed by atoms with van der Waals surface area (Å²) in [5.41, 5.74) is 5.36. The molecule has 2 atom stereocenters. The fraction of sp³-hybridized carbons (Fsp3) is 0.571. The van der Waals surface area contributed by atoms with Crippen LogP contribution in [0.25, 0.3) is 0 Å². The summed E-state index contributed by atoms with van der Waals surface area (Å²) in [5.74, 6) is 0. The summed E-state index contributed by atoms with van der Waals surface area (Å²) in [7, 11) is 1.81. The van der Waals surface area contributed by atoms with Crippen LogP contribution in [0.1, 0.15) is 23.6 Å². The van der Waals surface area contributed by atoms with E-state index in [4.69, 9.17) is 10.5 Å². The van der Waals surface area contributed by atoms with Gasteiger partial charge in [0.15, 0.2) is 0 Å². The Kier molecular flexibility index (Phi) is 4.67. The smallest absolute Gasteiger partial charge is 0.380 e.